The predicted molar refractivity (Wildman–Crippen MR) is 197 cm³/mol. The molecule has 8 aliphatic rings. The second-order valence-electron chi connectivity index (χ2n) is 20.5. The van der Waals surface area contributed by atoms with Crippen molar-refractivity contribution in [3.8, 4) is 0 Å². The van der Waals surface area contributed by atoms with E-state index in [9.17, 15) is 49.8 Å². The lowest BCUT2D eigenvalue weighted by molar-refractivity contribution is -0.270. The Hall–Kier alpha value is -2.08. The minimum Gasteiger partial charge on any atom is -0.393 e. The molecule has 4 unspecified atom stereocenters. The van der Waals surface area contributed by atoms with E-state index in [4.69, 9.17) is 0 Å². The van der Waals surface area contributed by atoms with Gasteiger partial charge < -0.3 is 30.6 Å². The highest BCUT2D eigenvalue weighted by molar-refractivity contribution is 5.93. The highest BCUT2D eigenvalue weighted by atomic mass is 16.3. The summed E-state index contributed by atoms with van der Waals surface area (Å²) in [4.78, 5) is 54.2. The maximum atomic E-state index is 14.2. The Kier molecular flexibility index (Phi) is 8.60. The van der Waals surface area contributed by atoms with Crippen LogP contribution < -0.4 is 0 Å². The highest BCUT2D eigenvalue weighted by Crippen LogP contribution is 2.80. The molecular formula is C44H62O10. The molecule has 0 aromatic rings. The zero-order chi connectivity index (χ0) is 39.3. The van der Waals surface area contributed by atoms with Crippen LogP contribution in [-0.2, 0) is 19.2 Å². The summed E-state index contributed by atoms with van der Waals surface area (Å²) >= 11 is 0. The lowest BCUT2D eigenvalue weighted by atomic mass is 9.30. The number of carbonyl (C=O) groups is 4. The van der Waals surface area contributed by atoms with Gasteiger partial charge in [0.25, 0.3) is 0 Å². The summed E-state index contributed by atoms with van der Waals surface area (Å²) in [7, 11) is 0. The predicted octanol–water partition coefficient (Wildman–Crippen LogP) is 3.67. The van der Waals surface area contributed by atoms with Crippen LogP contribution in [0.2, 0.25) is 0 Å². The second-order valence-corrected chi connectivity index (χ2v) is 20.5. The van der Waals surface area contributed by atoms with Crippen molar-refractivity contribution in [2.45, 2.75) is 136 Å². The third-order valence-electron chi connectivity index (χ3n) is 19.2. The Morgan fingerprint density at radius 2 is 1.30 bits per heavy atom. The van der Waals surface area contributed by atoms with Crippen molar-refractivity contribution in [3.05, 3.63) is 23.3 Å². The molecule has 0 heterocycles. The molecule has 6 saturated carbocycles. The largest absolute Gasteiger partial charge is 0.393 e. The average Bonchev–Trinajstić information content (AvgIpc) is 3.45. The minimum absolute atomic E-state index is 0.0227. The normalized spacial score (nSPS) is 55.0. The molecular weight excluding hydrogens is 688 g/mol. The van der Waals surface area contributed by atoms with E-state index in [0.29, 0.717) is 51.4 Å². The van der Waals surface area contributed by atoms with Gasteiger partial charge in [0.2, 0.25) is 0 Å². The number of carbonyl (C=O) groups excluding carboxylic acids is 4. The smallest absolute Gasteiger partial charge is 0.190 e. The first-order valence-electron chi connectivity index (χ1n) is 20.8. The highest BCUT2D eigenvalue weighted by Gasteiger charge is 2.80. The van der Waals surface area contributed by atoms with Gasteiger partial charge in [-0.15, -0.1) is 0 Å². The molecule has 0 saturated heterocycles. The van der Waals surface area contributed by atoms with Gasteiger partial charge in [-0.2, -0.15) is 0 Å². The first kappa shape index (κ1) is 38.8. The van der Waals surface area contributed by atoms with Gasteiger partial charge in [-0.05, 0) is 128 Å². The van der Waals surface area contributed by atoms with Crippen molar-refractivity contribution in [2.75, 3.05) is 13.2 Å². The van der Waals surface area contributed by atoms with Crippen LogP contribution in [-0.4, -0.2) is 90.4 Å². The van der Waals surface area contributed by atoms with E-state index in [1.165, 1.54) is 0 Å². The Morgan fingerprint density at radius 1 is 0.741 bits per heavy atom. The molecule has 0 radical (unpaired) electrons. The number of ketones is 4. The number of Topliss-reactive ketones (excluding diaryl/α,β-unsaturated/α-hetero) is 2. The van der Waals surface area contributed by atoms with Gasteiger partial charge in [-0.1, -0.05) is 52.7 Å². The van der Waals surface area contributed by atoms with Gasteiger partial charge in [0.15, 0.2) is 23.1 Å². The maximum absolute atomic E-state index is 14.2. The van der Waals surface area contributed by atoms with Gasteiger partial charge in [-0.3, -0.25) is 19.2 Å². The van der Waals surface area contributed by atoms with Gasteiger partial charge in [0, 0.05) is 29.1 Å². The van der Waals surface area contributed by atoms with E-state index in [2.05, 4.69) is 13.8 Å². The minimum atomic E-state index is -1.85. The number of rotatable bonds is 5. The number of allylic oxidation sites excluding steroid dienone is 2. The van der Waals surface area contributed by atoms with Gasteiger partial charge in [0.05, 0.1) is 12.2 Å². The van der Waals surface area contributed by atoms with Gasteiger partial charge in [0.1, 0.15) is 24.4 Å². The number of hydrogen-bond acceptors (Lipinski definition) is 10. The zero-order valence-electron chi connectivity index (χ0n) is 32.9. The zero-order valence-corrected chi connectivity index (χ0v) is 32.9. The molecule has 0 aromatic heterocycles. The van der Waals surface area contributed by atoms with Crippen LogP contribution in [0, 0.1) is 74.4 Å². The number of aliphatic hydroxyl groups excluding tert-OH is 4. The Labute approximate surface area is 318 Å². The van der Waals surface area contributed by atoms with Crippen molar-refractivity contribution >= 4 is 23.1 Å². The monoisotopic (exact) mass is 750 g/mol. The lowest BCUT2D eigenvalue weighted by Gasteiger charge is -2.74. The van der Waals surface area contributed by atoms with Crippen molar-refractivity contribution in [3.63, 3.8) is 0 Å². The summed E-state index contributed by atoms with van der Waals surface area (Å²) in [6, 6.07) is 0. The molecule has 0 bridgehead atoms. The fourth-order valence-corrected chi connectivity index (χ4v) is 17.1. The number of fused-ring (bicyclic) bond motifs is 10. The van der Waals surface area contributed by atoms with E-state index >= 15 is 0 Å². The maximum Gasteiger partial charge on any atom is 0.190 e. The topological polar surface area (TPSA) is 190 Å². The van der Waals surface area contributed by atoms with Crippen molar-refractivity contribution < 1.29 is 49.8 Å². The Balaban J connectivity index is 1.34. The molecule has 6 fully saturated rings. The van der Waals surface area contributed by atoms with Crippen molar-refractivity contribution in [2.24, 2.45) is 74.4 Å². The fourth-order valence-electron chi connectivity index (χ4n) is 17.1. The summed E-state index contributed by atoms with van der Waals surface area (Å²) in [6.45, 7) is 10.3. The summed E-state index contributed by atoms with van der Waals surface area (Å²) in [5.74, 6) is -3.68. The van der Waals surface area contributed by atoms with E-state index < -0.39 is 93.0 Å². The van der Waals surface area contributed by atoms with Gasteiger partial charge in [-0.25, -0.2) is 0 Å². The molecule has 298 valence electrons. The second kappa shape index (κ2) is 12.0. The molecule has 0 aromatic carbocycles. The van der Waals surface area contributed by atoms with Crippen LogP contribution in [0.5, 0.6) is 0 Å². The molecule has 54 heavy (non-hydrogen) atoms. The van der Waals surface area contributed by atoms with E-state index in [-0.39, 0.29) is 60.4 Å². The van der Waals surface area contributed by atoms with Crippen molar-refractivity contribution in [1.29, 1.82) is 0 Å². The third-order valence-corrected chi connectivity index (χ3v) is 19.2. The Morgan fingerprint density at radius 3 is 1.91 bits per heavy atom. The molecule has 10 nitrogen and oxygen atoms in total. The SMILES string of the molecule is CC1C[C@H]2[C@@H]3CCC4=CC(=O)CC([C@]56[C@@H](O)C[C@@]7(C)[C@@H](CC(C)[C@]7(O)C(=O)CO)[C@@H]5CCC5=CC(=O)CC[C@@]56C)[C@]4(C)[C@H]3C(O)C[C@]2(C)[C@@]1(O)C(=O)CO. The number of hydrogen-bond donors (Lipinski definition) is 6. The van der Waals surface area contributed by atoms with E-state index in [1.54, 1.807) is 12.2 Å². The first-order valence-corrected chi connectivity index (χ1v) is 20.8. The van der Waals surface area contributed by atoms with E-state index in [1.807, 2.05) is 27.7 Å². The first-order chi connectivity index (χ1) is 25.2. The number of aliphatic hydroxyl groups is 6. The molecule has 6 N–H and O–H groups in total. The molecule has 17 atom stereocenters. The summed E-state index contributed by atoms with van der Waals surface area (Å²) in [6.07, 6.45) is 6.26. The van der Waals surface area contributed by atoms with Gasteiger partial charge >= 0.3 is 0 Å². The molecule has 0 spiro atoms. The molecule has 0 amide bonds. The summed E-state index contributed by atoms with van der Waals surface area (Å²) in [5, 5.41) is 70.7. The quantitative estimate of drug-likeness (QED) is 0.242. The summed E-state index contributed by atoms with van der Waals surface area (Å²) in [5.41, 5.74) is -6.18. The molecule has 0 aliphatic heterocycles. The van der Waals surface area contributed by atoms with Crippen LogP contribution in [0.25, 0.3) is 0 Å². The van der Waals surface area contributed by atoms with Crippen LogP contribution in [0.1, 0.15) is 112 Å². The van der Waals surface area contributed by atoms with E-state index in [0.717, 1.165) is 11.1 Å². The van der Waals surface area contributed by atoms with Crippen LogP contribution in [0.4, 0.5) is 0 Å². The van der Waals surface area contributed by atoms with Crippen LogP contribution >= 0.6 is 0 Å². The molecule has 10 heteroatoms. The summed E-state index contributed by atoms with van der Waals surface area (Å²) < 4.78 is 0. The standard InChI is InChI=1S/C44H62O10/c1-22-13-30-28-9-7-25-16-27(48)17-33(41(25,6)37(28)32(49)18-39(30,4)43(22,53)35(51)20-45)42-29(10-8-24-15-26(47)11-12-38(24,42)3)31-14-23(2)44(54,36(52)21-46)40(31,5)19-34(42)50/h15-16,22-23,28-34,37,45-46,49-50,53-54H,7-14,17-21H2,1-6H3/t22?,23?,28-,29-,30-,31-,32?,33?,34-,37+,38-,39-,40-,41+,42-,43-,44-/m0/s1. The molecule has 8 aliphatic carbocycles. The third kappa shape index (κ3) is 4.19. The lowest BCUT2D eigenvalue weighted by Crippen LogP contribution is -2.73. The fraction of sp³-hybridized carbons (Fsp3) is 0.818. The van der Waals surface area contributed by atoms with Crippen LogP contribution in [0.3, 0.4) is 0 Å². The average molecular weight is 751 g/mol. The van der Waals surface area contributed by atoms with Crippen LogP contribution in [0.15, 0.2) is 23.3 Å². The Bertz CT molecular complexity index is 1750. The van der Waals surface area contributed by atoms with Crippen molar-refractivity contribution in [1.82, 2.24) is 0 Å². The molecule has 8 rings (SSSR count).